The number of piperazine rings is 1. The summed E-state index contributed by atoms with van der Waals surface area (Å²) in [7, 11) is 1.95. The van der Waals surface area contributed by atoms with Crippen molar-refractivity contribution in [1.29, 1.82) is 0 Å². The van der Waals surface area contributed by atoms with Gasteiger partial charge in [0.1, 0.15) is 0 Å². The van der Waals surface area contributed by atoms with E-state index in [0.717, 1.165) is 19.0 Å². The molecule has 1 aliphatic carbocycles. The van der Waals surface area contributed by atoms with Crippen LogP contribution in [-0.4, -0.2) is 97.1 Å². The third kappa shape index (κ3) is 7.20. The topological polar surface area (TPSA) is 34.1 Å². The van der Waals surface area contributed by atoms with Crippen LogP contribution in [0.3, 0.4) is 0 Å². The van der Waals surface area contributed by atoms with Crippen LogP contribution in [0.4, 0.5) is 0 Å². The van der Waals surface area contributed by atoms with E-state index in [1.165, 1.54) is 96.5 Å². The van der Waals surface area contributed by atoms with E-state index < -0.39 is 0 Å². The highest BCUT2D eigenvalue weighted by atomic mass is 127. The van der Waals surface area contributed by atoms with Crippen LogP contribution in [0.25, 0.3) is 0 Å². The Hall–Kier alpha value is 0.270. The molecule has 0 aromatic rings. The summed E-state index contributed by atoms with van der Waals surface area (Å²) in [5.74, 6) is 2.39. The van der Waals surface area contributed by atoms with E-state index in [2.05, 4.69) is 43.7 Å². The molecule has 3 rings (SSSR count). The lowest BCUT2D eigenvalue weighted by Crippen LogP contribution is -2.53. The van der Waals surface area contributed by atoms with Crippen molar-refractivity contribution in [2.45, 2.75) is 56.6 Å². The zero-order valence-electron chi connectivity index (χ0n) is 18.1. The molecule has 0 atom stereocenters. The molecule has 28 heavy (non-hydrogen) atoms. The number of nitrogens with zero attached hydrogens (tertiary/aromatic N) is 4. The Morgan fingerprint density at radius 2 is 1.71 bits per heavy atom. The molecule has 1 N–H and O–H groups in total. The minimum Gasteiger partial charge on any atom is -0.356 e. The number of aliphatic imine (C=N–C) groups is 1. The van der Waals surface area contributed by atoms with E-state index in [1.54, 1.807) is 0 Å². The first-order valence-electron chi connectivity index (χ1n) is 11.3. The highest BCUT2D eigenvalue weighted by molar-refractivity contribution is 14.0. The molecular weight excluding hydrogens is 481 g/mol. The van der Waals surface area contributed by atoms with Crippen molar-refractivity contribution in [1.82, 2.24) is 20.0 Å². The van der Waals surface area contributed by atoms with Crippen molar-refractivity contribution >= 4 is 41.7 Å². The van der Waals surface area contributed by atoms with Gasteiger partial charge in [0.15, 0.2) is 5.96 Å². The molecule has 164 valence electrons. The smallest absolute Gasteiger partial charge is 0.193 e. The lowest BCUT2D eigenvalue weighted by Gasteiger charge is -2.45. The summed E-state index contributed by atoms with van der Waals surface area (Å²) in [6, 6.07) is 0. The number of nitrogens with one attached hydrogen (secondary N) is 1. The quantitative estimate of drug-likeness (QED) is 0.250. The van der Waals surface area contributed by atoms with Gasteiger partial charge in [-0.1, -0.05) is 26.2 Å². The van der Waals surface area contributed by atoms with E-state index in [4.69, 9.17) is 0 Å². The number of unbranched alkanes of at least 4 members (excludes halogenated alkanes) is 1. The SMILES string of the molecule is CCN1CCN(CCCCNC(=NC)N2CCSC3(CCCCC3)C2)CC1.I. The summed E-state index contributed by atoms with van der Waals surface area (Å²) >= 11 is 2.23. The fourth-order valence-electron chi connectivity index (χ4n) is 4.85. The van der Waals surface area contributed by atoms with Gasteiger partial charge in [0.05, 0.1) is 0 Å². The summed E-state index contributed by atoms with van der Waals surface area (Å²) < 4.78 is 0.509. The number of hydrogen-bond donors (Lipinski definition) is 1. The fraction of sp³-hybridized carbons (Fsp3) is 0.952. The minimum atomic E-state index is 0. The van der Waals surface area contributed by atoms with E-state index in [-0.39, 0.29) is 24.0 Å². The van der Waals surface area contributed by atoms with E-state index in [0.29, 0.717) is 4.75 Å². The predicted octanol–water partition coefficient (Wildman–Crippen LogP) is 3.35. The van der Waals surface area contributed by atoms with Gasteiger partial charge in [0.2, 0.25) is 0 Å². The lowest BCUT2D eigenvalue weighted by atomic mass is 9.87. The van der Waals surface area contributed by atoms with Crippen LogP contribution in [0.1, 0.15) is 51.9 Å². The molecule has 0 unspecified atom stereocenters. The standard InChI is InChI=1S/C21H41N5S.HI/c1-3-24-13-15-25(16-14-24)12-8-7-11-23-20(22-2)26-17-18-27-21(19-26)9-5-4-6-10-21;/h3-19H2,1-2H3,(H,22,23);1H. The summed E-state index contributed by atoms with van der Waals surface area (Å²) in [6.45, 7) is 13.1. The van der Waals surface area contributed by atoms with Crippen LogP contribution in [0.5, 0.6) is 0 Å². The molecular formula is C21H42IN5S. The minimum absolute atomic E-state index is 0. The van der Waals surface area contributed by atoms with Gasteiger partial charge in [0.25, 0.3) is 0 Å². The second-order valence-corrected chi connectivity index (χ2v) is 10.0. The Bertz CT molecular complexity index is 456. The Morgan fingerprint density at radius 3 is 2.39 bits per heavy atom. The number of likely N-dealkylation sites (N-methyl/N-ethyl adjacent to an activating group) is 1. The van der Waals surface area contributed by atoms with Gasteiger partial charge in [-0.2, -0.15) is 11.8 Å². The van der Waals surface area contributed by atoms with Crippen LogP contribution < -0.4 is 5.32 Å². The first kappa shape index (κ1) is 24.5. The maximum Gasteiger partial charge on any atom is 0.193 e. The highest BCUT2D eigenvalue weighted by Crippen LogP contribution is 2.42. The Balaban J connectivity index is 0.00000280. The second-order valence-electron chi connectivity index (χ2n) is 8.47. The van der Waals surface area contributed by atoms with E-state index >= 15 is 0 Å². The normalized spacial score (nSPS) is 24.2. The molecule has 3 aliphatic rings. The van der Waals surface area contributed by atoms with E-state index in [9.17, 15) is 0 Å². The zero-order valence-corrected chi connectivity index (χ0v) is 21.3. The van der Waals surface area contributed by atoms with Gasteiger partial charge in [-0.05, 0) is 38.8 Å². The van der Waals surface area contributed by atoms with Crippen LogP contribution in [0.2, 0.25) is 0 Å². The van der Waals surface area contributed by atoms with Crippen LogP contribution in [0.15, 0.2) is 4.99 Å². The van der Waals surface area contributed by atoms with Gasteiger partial charge < -0.3 is 20.0 Å². The van der Waals surface area contributed by atoms with Gasteiger partial charge >= 0.3 is 0 Å². The molecule has 0 amide bonds. The van der Waals surface area contributed by atoms with Gasteiger partial charge in [-0.3, -0.25) is 4.99 Å². The third-order valence-electron chi connectivity index (χ3n) is 6.62. The van der Waals surface area contributed by atoms with Gasteiger partial charge in [-0.15, -0.1) is 24.0 Å². The Morgan fingerprint density at radius 1 is 1.00 bits per heavy atom. The lowest BCUT2D eigenvalue weighted by molar-refractivity contribution is 0.136. The molecule has 1 saturated carbocycles. The number of thioether (sulfide) groups is 1. The maximum absolute atomic E-state index is 4.60. The molecule has 3 fully saturated rings. The molecule has 0 bridgehead atoms. The molecule has 7 heteroatoms. The van der Waals surface area contributed by atoms with Crippen LogP contribution in [0, 0.1) is 0 Å². The van der Waals surface area contributed by atoms with Crippen molar-refractivity contribution < 1.29 is 0 Å². The van der Waals surface area contributed by atoms with Crippen molar-refractivity contribution in [3.05, 3.63) is 0 Å². The molecule has 0 radical (unpaired) electrons. The molecule has 0 aromatic heterocycles. The first-order valence-corrected chi connectivity index (χ1v) is 12.3. The molecule has 2 saturated heterocycles. The molecule has 1 spiro atoms. The Labute approximate surface area is 194 Å². The van der Waals surface area contributed by atoms with Crippen molar-refractivity contribution in [3.63, 3.8) is 0 Å². The van der Waals surface area contributed by atoms with Crippen LogP contribution >= 0.6 is 35.7 Å². The van der Waals surface area contributed by atoms with Gasteiger partial charge in [0, 0.05) is 63.4 Å². The van der Waals surface area contributed by atoms with E-state index in [1.807, 2.05) is 7.05 Å². The monoisotopic (exact) mass is 523 g/mol. The number of rotatable bonds is 6. The zero-order chi connectivity index (χ0) is 19.0. The average molecular weight is 524 g/mol. The largest absolute Gasteiger partial charge is 0.356 e. The number of hydrogen-bond acceptors (Lipinski definition) is 4. The summed E-state index contributed by atoms with van der Waals surface area (Å²) in [6.07, 6.45) is 9.59. The second kappa shape index (κ2) is 12.8. The van der Waals surface area contributed by atoms with Crippen molar-refractivity contribution in [3.8, 4) is 0 Å². The summed E-state index contributed by atoms with van der Waals surface area (Å²) in [4.78, 5) is 12.3. The molecule has 2 heterocycles. The van der Waals surface area contributed by atoms with Crippen molar-refractivity contribution in [2.24, 2.45) is 4.99 Å². The predicted molar refractivity (Wildman–Crippen MR) is 134 cm³/mol. The first-order chi connectivity index (χ1) is 13.2. The van der Waals surface area contributed by atoms with Crippen LogP contribution in [-0.2, 0) is 0 Å². The number of guanidine groups is 1. The summed E-state index contributed by atoms with van der Waals surface area (Å²) in [5, 5.41) is 3.65. The molecule has 0 aromatic carbocycles. The molecule has 2 aliphatic heterocycles. The fourth-order valence-corrected chi connectivity index (χ4v) is 6.42. The van der Waals surface area contributed by atoms with Crippen molar-refractivity contribution in [2.75, 3.05) is 71.7 Å². The van der Waals surface area contributed by atoms with Gasteiger partial charge in [-0.25, -0.2) is 0 Å². The number of halogens is 1. The maximum atomic E-state index is 4.60. The Kier molecular flexibility index (Phi) is 11.3. The third-order valence-corrected chi connectivity index (χ3v) is 8.16. The molecule has 5 nitrogen and oxygen atoms in total. The summed E-state index contributed by atoms with van der Waals surface area (Å²) in [5.41, 5.74) is 0. The average Bonchev–Trinajstić information content (AvgIpc) is 2.72. The highest BCUT2D eigenvalue weighted by Gasteiger charge is 2.38.